The van der Waals surface area contributed by atoms with E-state index in [0.29, 0.717) is 13.0 Å². The maximum absolute atomic E-state index is 12.2. The second-order valence-electron chi connectivity index (χ2n) is 5.75. The fourth-order valence-electron chi connectivity index (χ4n) is 2.26. The molecule has 0 spiro atoms. The molecular formula is C17H26N4O4+. The van der Waals surface area contributed by atoms with Crippen LogP contribution >= 0.6 is 0 Å². The Kier molecular flexibility index (Phi) is 9.20. The average Bonchev–Trinajstić information content (AvgIpc) is 2.60. The van der Waals surface area contributed by atoms with Crippen molar-refractivity contribution in [3.63, 3.8) is 0 Å². The largest absolute Gasteiger partial charge is 0.480 e. The highest BCUT2D eigenvalue weighted by molar-refractivity contribution is 5.91. The SMILES string of the molecule is NC(CCCC[NH2+])C(=O)NC(Cc1ccccc1)C(=O)NCC(=O)O. The van der Waals surface area contributed by atoms with E-state index < -0.39 is 36.4 Å². The molecule has 1 aromatic carbocycles. The van der Waals surface area contributed by atoms with Crippen LogP contribution in [0, 0.1) is 0 Å². The van der Waals surface area contributed by atoms with E-state index in [0.717, 1.165) is 18.4 Å². The number of unbranched alkanes of at least 4 members (excludes halogenated alkanes) is 1. The zero-order valence-electron chi connectivity index (χ0n) is 14.1. The van der Waals surface area contributed by atoms with Crippen molar-refractivity contribution in [3.8, 4) is 0 Å². The van der Waals surface area contributed by atoms with Gasteiger partial charge in [0.25, 0.3) is 0 Å². The summed E-state index contributed by atoms with van der Waals surface area (Å²) in [5, 5.41) is 13.6. The number of amides is 2. The van der Waals surface area contributed by atoms with Gasteiger partial charge in [-0.05, 0) is 18.4 Å². The van der Waals surface area contributed by atoms with E-state index in [1.165, 1.54) is 0 Å². The van der Waals surface area contributed by atoms with Gasteiger partial charge in [0.15, 0.2) is 0 Å². The lowest BCUT2D eigenvalue weighted by molar-refractivity contribution is -0.368. The summed E-state index contributed by atoms with van der Waals surface area (Å²) in [4.78, 5) is 35.1. The summed E-state index contributed by atoms with van der Waals surface area (Å²) in [5.41, 5.74) is 12.1. The molecule has 1 rings (SSSR count). The number of hydrogen-bond acceptors (Lipinski definition) is 5. The number of aliphatic carboxylic acids is 1. The third kappa shape index (κ3) is 8.27. The normalized spacial score (nSPS) is 12.9. The molecular weight excluding hydrogens is 324 g/mol. The third-order valence-electron chi connectivity index (χ3n) is 3.64. The molecule has 2 unspecified atom stereocenters. The molecule has 0 saturated carbocycles. The maximum atomic E-state index is 12.2. The number of carbonyl (C=O) groups is 3. The van der Waals surface area contributed by atoms with Gasteiger partial charge < -0.3 is 21.5 Å². The number of carbonyl (C=O) groups excluding carboxylic acids is 2. The van der Waals surface area contributed by atoms with Crippen molar-refractivity contribution in [3.05, 3.63) is 35.9 Å². The van der Waals surface area contributed by atoms with E-state index in [1.807, 2.05) is 30.3 Å². The number of carboxylic acid groups (broad SMARTS) is 1. The van der Waals surface area contributed by atoms with Crippen molar-refractivity contribution in [1.82, 2.24) is 10.6 Å². The second-order valence-corrected chi connectivity index (χ2v) is 5.75. The number of nitrogens with two attached hydrogens (primary N) is 2. The molecule has 0 aliphatic carbocycles. The molecule has 0 saturated heterocycles. The summed E-state index contributed by atoms with van der Waals surface area (Å²) in [6.07, 6.45) is 2.21. The summed E-state index contributed by atoms with van der Waals surface area (Å²) in [7, 11) is 0. The van der Waals surface area contributed by atoms with Gasteiger partial charge in [0.05, 0.1) is 6.04 Å². The van der Waals surface area contributed by atoms with Gasteiger partial charge in [-0.15, -0.1) is 0 Å². The Hall–Kier alpha value is -2.45. The fourth-order valence-corrected chi connectivity index (χ4v) is 2.26. The molecule has 1 radical (unpaired) electrons. The predicted octanol–water partition coefficient (Wildman–Crippen LogP) is -1.56. The predicted molar refractivity (Wildman–Crippen MR) is 91.3 cm³/mol. The molecule has 137 valence electrons. The van der Waals surface area contributed by atoms with Crippen molar-refractivity contribution < 1.29 is 25.2 Å². The van der Waals surface area contributed by atoms with Crippen LogP contribution < -0.4 is 22.1 Å². The number of hydrogen-bond donors (Lipinski definition) is 5. The number of rotatable bonds is 11. The quantitative estimate of drug-likeness (QED) is 0.306. The van der Waals surface area contributed by atoms with Gasteiger partial charge in [-0.3, -0.25) is 14.4 Å². The topological polar surface area (TPSA) is 147 Å². The van der Waals surface area contributed by atoms with E-state index in [4.69, 9.17) is 16.6 Å². The standard InChI is InChI=1S/C17H26N4O4/c18-9-5-4-8-13(19)16(24)21-14(17(25)20-11-15(22)23)10-12-6-2-1-3-7-12/h1-3,6-7,13-14H,4-5,8-11,18-19H2,(H,20,25)(H,21,24)(H,22,23)/q+1. The molecule has 1 aromatic rings. The molecule has 0 bridgehead atoms. The molecule has 8 nitrogen and oxygen atoms in total. The Morgan fingerprint density at radius 1 is 1.12 bits per heavy atom. The molecule has 2 amide bonds. The molecule has 0 aliphatic rings. The molecule has 0 aliphatic heterocycles. The first-order chi connectivity index (χ1) is 11.9. The number of nitrogens with one attached hydrogen (secondary N) is 2. The number of benzene rings is 1. The highest BCUT2D eigenvalue weighted by atomic mass is 16.4. The van der Waals surface area contributed by atoms with E-state index in [1.54, 1.807) is 0 Å². The highest BCUT2D eigenvalue weighted by Gasteiger charge is 2.24. The minimum atomic E-state index is -1.16. The smallest absolute Gasteiger partial charge is 0.322 e. The van der Waals surface area contributed by atoms with Gasteiger partial charge >= 0.3 is 5.97 Å². The van der Waals surface area contributed by atoms with Crippen LogP contribution in [0.4, 0.5) is 0 Å². The highest BCUT2D eigenvalue weighted by Crippen LogP contribution is 2.05. The second kappa shape index (κ2) is 11.2. The van der Waals surface area contributed by atoms with Crippen LogP contribution in [-0.2, 0) is 20.8 Å². The Labute approximate surface area is 147 Å². The lowest BCUT2D eigenvalue weighted by Crippen LogP contribution is -2.53. The van der Waals surface area contributed by atoms with Gasteiger partial charge in [0.1, 0.15) is 19.1 Å². The maximum Gasteiger partial charge on any atom is 0.322 e. The molecule has 2 atom stereocenters. The van der Waals surface area contributed by atoms with Gasteiger partial charge in [0, 0.05) is 12.8 Å². The fraction of sp³-hybridized carbons (Fsp3) is 0.471. The van der Waals surface area contributed by atoms with Crippen LogP contribution in [0.2, 0.25) is 0 Å². The van der Waals surface area contributed by atoms with Crippen LogP contribution in [0.25, 0.3) is 0 Å². The number of carboxylic acids is 1. The minimum absolute atomic E-state index is 0.244. The lowest BCUT2D eigenvalue weighted by Gasteiger charge is -2.20. The van der Waals surface area contributed by atoms with Gasteiger partial charge in [-0.1, -0.05) is 30.3 Å². The molecule has 25 heavy (non-hydrogen) atoms. The van der Waals surface area contributed by atoms with Crippen LogP contribution in [0.15, 0.2) is 30.3 Å². The molecule has 7 N–H and O–H groups in total. The van der Waals surface area contributed by atoms with E-state index in [-0.39, 0.29) is 6.42 Å². The molecule has 8 heteroatoms. The monoisotopic (exact) mass is 350 g/mol. The Bertz CT molecular complexity index is 565. The third-order valence-corrected chi connectivity index (χ3v) is 3.64. The Morgan fingerprint density at radius 2 is 1.80 bits per heavy atom. The van der Waals surface area contributed by atoms with Crippen LogP contribution in [0.1, 0.15) is 24.8 Å². The van der Waals surface area contributed by atoms with Crippen molar-refractivity contribution in [2.75, 3.05) is 13.1 Å². The zero-order valence-corrected chi connectivity index (χ0v) is 14.1. The first-order valence-corrected chi connectivity index (χ1v) is 8.23. The van der Waals surface area contributed by atoms with Crippen molar-refractivity contribution in [2.24, 2.45) is 5.73 Å². The molecule has 0 heterocycles. The zero-order chi connectivity index (χ0) is 18.7. The summed E-state index contributed by atoms with van der Waals surface area (Å²) < 4.78 is 0. The van der Waals surface area contributed by atoms with E-state index >= 15 is 0 Å². The van der Waals surface area contributed by atoms with Crippen molar-refractivity contribution in [1.29, 1.82) is 0 Å². The van der Waals surface area contributed by atoms with Crippen LogP contribution in [0.5, 0.6) is 0 Å². The first kappa shape index (κ1) is 20.6. The van der Waals surface area contributed by atoms with Gasteiger partial charge in [-0.25, -0.2) is 0 Å². The van der Waals surface area contributed by atoms with E-state index in [2.05, 4.69) is 10.6 Å². The van der Waals surface area contributed by atoms with E-state index in [9.17, 15) is 14.4 Å². The average molecular weight is 350 g/mol. The van der Waals surface area contributed by atoms with Crippen molar-refractivity contribution in [2.45, 2.75) is 37.8 Å². The van der Waals surface area contributed by atoms with Crippen LogP contribution in [-0.4, -0.2) is 48.1 Å². The molecule has 0 fully saturated rings. The minimum Gasteiger partial charge on any atom is -0.480 e. The first-order valence-electron chi connectivity index (χ1n) is 8.23. The molecule has 0 aromatic heterocycles. The lowest BCUT2D eigenvalue weighted by atomic mass is 10.0. The Morgan fingerprint density at radius 3 is 2.40 bits per heavy atom. The van der Waals surface area contributed by atoms with Gasteiger partial charge in [-0.2, -0.15) is 5.73 Å². The summed E-state index contributed by atoms with van der Waals surface area (Å²) >= 11 is 0. The van der Waals surface area contributed by atoms with Crippen LogP contribution in [0.3, 0.4) is 0 Å². The summed E-state index contributed by atoms with van der Waals surface area (Å²) in [6, 6.07) is 7.50. The van der Waals surface area contributed by atoms with Gasteiger partial charge in [0.2, 0.25) is 11.8 Å². The van der Waals surface area contributed by atoms with Crippen molar-refractivity contribution >= 4 is 17.8 Å². The summed E-state index contributed by atoms with van der Waals surface area (Å²) in [5.74, 6) is -2.16. The Balaban J connectivity index is 2.70. The summed E-state index contributed by atoms with van der Waals surface area (Å²) in [6.45, 7) is 0.0190.